The summed E-state index contributed by atoms with van der Waals surface area (Å²) in [7, 11) is 0. The molecule has 2 heterocycles. The summed E-state index contributed by atoms with van der Waals surface area (Å²) >= 11 is 3.08. The van der Waals surface area contributed by atoms with E-state index in [9.17, 15) is 0 Å². The van der Waals surface area contributed by atoms with Crippen LogP contribution in [0.25, 0.3) is 0 Å². The Hall–Kier alpha value is -0.460. The Kier molecular flexibility index (Phi) is 3.71. The largest absolute Gasteiger partial charge is 0.382 e. The van der Waals surface area contributed by atoms with Crippen LogP contribution in [0.4, 0.5) is 10.8 Å². The summed E-state index contributed by atoms with van der Waals surface area (Å²) in [5, 5.41) is 4.49. The van der Waals surface area contributed by atoms with Crippen LogP contribution in [0.3, 0.4) is 0 Å². The highest BCUT2D eigenvalue weighted by atomic mass is 32.2. The number of nitrogens with two attached hydrogens (primary N) is 1. The predicted molar refractivity (Wildman–Crippen MR) is 65.7 cm³/mol. The maximum atomic E-state index is 5.75. The van der Waals surface area contributed by atoms with Gasteiger partial charge in [0.1, 0.15) is 5.00 Å². The molecule has 1 aliphatic rings. The summed E-state index contributed by atoms with van der Waals surface area (Å²) in [5.74, 6) is 1.26. The summed E-state index contributed by atoms with van der Waals surface area (Å²) in [4.78, 5) is 1.07. The molecule has 4 nitrogen and oxygen atoms in total. The third kappa shape index (κ3) is 2.56. The molecule has 1 unspecified atom stereocenters. The van der Waals surface area contributed by atoms with Crippen LogP contribution >= 0.6 is 23.3 Å². The van der Waals surface area contributed by atoms with Gasteiger partial charge in [0, 0.05) is 19.1 Å². The van der Waals surface area contributed by atoms with Crippen LogP contribution < -0.4 is 11.1 Å². The molecule has 3 N–H and O–H groups in total. The molecule has 1 aliphatic heterocycles. The van der Waals surface area contributed by atoms with Crippen LogP contribution in [-0.2, 0) is 4.74 Å². The van der Waals surface area contributed by atoms with Crippen molar-refractivity contribution >= 4 is 34.1 Å². The minimum atomic E-state index is 0.628. The molecule has 0 radical (unpaired) electrons. The van der Waals surface area contributed by atoms with E-state index in [1.807, 2.05) is 6.26 Å². The number of hydrogen-bond acceptors (Lipinski definition) is 6. The maximum Gasteiger partial charge on any atom is 0.153 e. The molecule has 1 aromatic rings. The van der Waals surface area contributed by atoms with Crippen molar-refractivity contribution in [1.82, 2.24) is 4.37 Å². The van der Waals surface area contributed by atoms with Gasteiger partial charge >= 0.3 is 0 Å². The first-order valence-corrected chi connectivity index (χ1v) is 6.92. The molecule has 15 heavy (non-hydrogen) atoms. The number of ether oxygens (including phenoxy) is 1. The van der Waals surface area contributed by atoms with Crippen LogP contribution in [0.5, 0.6) is 0 Å². The van der Waals surface area contributed by atoms with Crippen molar-refractivity contribution in [3.05, 3.63) is 0 Å². The van der Waals surface area contributed by atoms with Crippen LogP contribution in [0.2, 0.25) is 0 Å². The van der Waals surface area contributed by atoms with E-state index in [0.717, 1.165) is 36.1 Å². The molecule has 0 aromatic carbocycles. The molecule has 1 fully saturated rings. The fourth-order valence-electron chi connectivity index (χ4n) is 1.59. The van der Waals surface area contributed by atoms with Crippen molar-refractivity contribution in [3.8, 4) is 0 Å². The second-order valence-electron chi connectivity index (χ2n) is 3.54. The van der Waals surface area contributed by atoms with E-state index in [-0.39, 0.29) is 0 Å². The molecule has 6 heteroatoms. The SMILES string of the molecule is CSc1c(N)nsc1NCC1CCOC1. The Morgan fingerprint density at radius 3 is 3.27 bits per heavy atom. The normalized spacial score (nSPS) is 20.7. The fourth-order valence-corrected chi connectivity index (χ4v) is 3.13. The summed E-state index contributed by atoms with van der Waals surface area (Å²) in [6.45, 7) is 2.72. The van der Waals surface area contributed by atoms with Gasteiger partial charge < -0.3 is 15.8 Å². The Morgan fingerprint density at radius 2 is 2.60 bits per heavy atom. The average Bonchev–Trinajstić information content (AvgIpc) is 2.84. The van der Waals surface area contributed by atoms with E-state index < -0.39 is 0 Å². The minimum Gasteiger partial charge on any atom is -0.382 e. The van der Waals surface area contributed by atoms with E-state index in [4.69, 9.17) is 10.5 Å². The fraction of sp³-hybridized carbons (Fsp3) is 0.667. The van der Waals surface area contributed by atoms with E-state index in [0.29, 0.717) is 11.7 Å². The van der Waals surface area contributed by atoms with Gasteiger partial charge in [-0.05, 0) is 24.2 Å². The zero-order valence-electron chi connectivity index (χ0n) is 8.66. The van der Waals surface area contributed by atoms with Crippen molar-refractivity contribution in [2.24, 2.45) is 5.92 Å². The van der Waals surface area contributed by atoms with E-state index in [1.54, 1.807) is 11.8 Å². The molecule has 1 aromatic heterocycles. The highest BCUT2D eigenvalue weighted by Crippen LogP contribution is 2.34. The van der Waals surface area contributed by atoms with Crippen molar-refractivity contribution < 1.29 is 4.74 Å². The third-order valence-corrected chi connectivity index (χ3v) is 4.22. The lowest BCUT2D eigenvalue weighted by atomic mass is 10.1. The monoisotopic (exact) mass is 245 g/mol. The quantitative estimate of drug-likeness (QED) is 0.793. The van der Waals surface area contributed by atoms with Gasteiger partial charge in [-0.1, -0.05) is 0 Å². The van der Waals surface area contributed by atoms with Gasteiger partial charge in [0.25, 0.3) is 0 Å². The Balaban J connectivity index is 1.92. The lowest BCUT2D eigenvalue weighted by molar-refractivity contribution is 0.187. The van der Waals surface area contributed by atoms with Crippen LogP contribution in [-0.4, -0.2) is 30.4 Å². The minimum absolute atomic E-state index is 0.628. The number of aromatic nitrogens is 1. The topological polar surface area (TPSA) is 60.2 Å². The zero-order chi connectivity index (χ0) is 10.7. The number of nitrogen functional groups attached to an aromatic ring is 1. The van der Waals surface area contributed by atoms with Gasteiger partial charge in [0.15, 0.2) is 5.82 Å². The van der Waals surface area contributed by atoms with Gasteiger partial charge in [0.05, 0.1) is 11.5 Å². The van der Waals surface area contributed by atoms with Gasteiger partial charge in [-0.15, -0.1) is 11.8 Å². The molecular formula is C9H15N3OS2. The predicted octanol–water partition coefficient (Wildman–Crippen LogP) is 1.90. The first-order valence-electron chi connectivity index (χ1n) is 4.92. The van der Waals surface area contributed by atoms with Crippen LogP contribution in [0, 0.1) is 5.92 Å². The molecular weight excluding hydrogens is 230 g/mol. The Morgan fingerprint density at radius 1 is 1.73 bits per heavy atom. The highest BCUT2D eigenvalue weighted by molar-refractivity contribution is 7.99. The Bertz CT molecular complexity index is 323. The van der Waals surface area contributed by atoms with E-state index >= 15 is 0 Å². The number of nitrogens with zero attached hydrogens (tertiary/aromatic N) is 1. The Labute approximate surface area is 97.7 Å². The lowest BCUT2D eigenvalue weighted by Crippen LogP contribution is -2.13. The summed E-state index contributed by atoms with van der Waals surface area (Å²) in [6, 6.07) is 0. The molecule has 1 saturated heterocycles. The van der Waals surface area contributed by atoms with Crippen LogP contribution in [0.15, 0.2) is 4.90 Å². The smallest absolute Gasteiger partial charge is 0.153 e. The number of rotatable bonds is 4. The second-order valence-corrected chi connectivity index (χ2v) is 5.13. The summed E-state index contributed by atoms with van der Waals surface area (Å²) < 4.78 is 9.46. The van der Waals surface area contributed by atoms with Gasteiger partial charge in [0.2, 0.25) is 0 Å². The standard InChI is InChI=1S/C9H15N3OS2/c1-14-7-8(10)12-15-9(7)11-4-6-2-3-13-5-6/h6,11H,2-5H2,1H3,(H2,10,12). The van der Waals surface area contributed by atoms with Gasteiger partial charge in [-0.2, -0.15) is 4.37 Å². The van der Waals surface area contributed by atoms with Crippen molar-refractivity contribution in [1.29, 1.82) is 0 Å². The van der Waals surface area contributed by atoms with E-state index in [2.05, 4.69) is 9.69 Å². The molecule has 0 bridgehead atoms. The molecule has 0 saturated carbocycles. The first kappa shape index (κ1) is 11.0. The second kappa shape index (κ2) is 5.05. The maximum absolute atomic E-state index is 5.75. The van der Waals surface area contributed by atoms with Gasteiger partial charge in [-0.25, -0.2) is 0 Å². The molecule has 0 amide bonds. The zero-order valence-corrected chi connectivity index (χ0v) is 10.3. The van der Waals surface area contributed by atoms with E-state index in [1.165, 1.54) is 11.5 Å². The first-order chi connectivity index (χ1) is 7.31. The van der Waals surface area contributed by atoms with Gasteiger partial charge in [-0.3, -0.25) is 0 Å². The molecule has 0 aliphatic carbocycles. The molecule has 1 atom stereocenters. The number of anilines is 2. The van der Waals surface area contributed by atoms with Crippen molar-refractivity contribution in [2.75, 3.05) is 37.1 Å². The third-order valence-electron chi connectivity index (χ3n) is 2.45. The summed E-state index contributed by atoms with van der Waals surface area (Å²) in [5.41, 5.74) is 5.75. The number of hydrogen-bond donors (Lipinski definition) is 2. The van der Waals surface area contributed by atoms with Crippen molar-refractivity contribution in [3.63, 3.8) is 0 Å². The van der Waals surface area contributed by atoms with Crippen molar-refractivity contribution in [2.45, 2.75) is 11.3 Å². The molecule has 0 spiro atoms. The summed E-state index contributed by atoms with van der Waals surface area (Å²) in [6.07, 6.45) is 3.17. The lowest BCUT2D eigenvalue weighted by Gasteiger charge is -2.09. The number of nitrogens with one attached hydrogen (secondary N) is 1. The molecule has 84 valence electrons. The highest BCUT2D eigenvalue weighted by Gasteiger charge is 2.17. The number of thioether (sulfide) groups is 1. The average molecular weight is 245 g/mol. The van der Waals surface area contributed by atoms with Crippen LogP contribution in [0.1, 0.15) is 6.42 Å². The molecule has 2 rings (SSSR count).